The number of anilines is 1. The van der Waals surface area contributed by atoms with E-state index in [2.05, 4.69) is 35.3 Å². The Bertz CT molecular complexity index is 1020. The van der Waals surface area contributed by atoms with Crippen molar-refractivity contribution in [1.29, 1.82) is 0 Å². The van der Waals surface area contributed by atoms with Crippen LogP contribution < -0.4 is 5.32 Å². The third-order valence-electron chi connectivity index (χ3n) is 6.40. The first-order valence-electron chi connectivity index (χ1n) is 11.3. The zero-order valence-electron chi connectivity index (χ0n) is 17.6. The van der Waals surface area contributed by atoms with Crippen LogP contribution in [0.1, 0.15) is 55.9 Å². The largest absolute Gasteiger partial charge is 0.317 e. The van der Waals surface area contributed by atoms with E-state index in [9.17, 15) is 4.79 Å². The van der Waals surface area contributed by atoms with E-state index < -0.39 is 0 Å². The molecule has 1 amide bonds. The van der Waals surface area contributed by atoms with Crippen LogP contribution in [0.2, 0.25) is 0 Å². The molecule has 3 heterocycles. The van der Waals surface area contributed by atoms with E-state index in [1.807, 2.05) is 6.07 Å². The number of thiophene rings is 1. The molecular formula is C24H29N3OS2. The van der Waals surface area contributed by atoms with Crippen molar-refractivity contribution in [2.45, 2.75) is 58.4 Å². The summed E-state index contributed by atoms with van der Waals surface area (Å²) in [7, 11) is 0. The summed E-state index contributed by atoms with van der Waals surface area (Å²) in [6, 6.07) is 8.33. The van der Waals surface area contributed by atoms with E-state index in [1.54, 1.807) is 22.7 Å². The number of nitrogens with zero attached hydrogens (tertiary/aromatic N) is 2. The Morgan fingerprint density at radius 2 is 2.03 bits per heavy atom. The van der Waals surface area contributed by atoms with Crippen molar-refractivity contribution in [2.24, 2.45) is 5.92 Å². The zero-order chi connectivity index (χ0) is 20.5. The van der Waals surface area contributed by atoms with Gasteiger partial charge in [0.1, 0.15) is 10.0 Å². The number of carbonyl (C=O) groups excluding carboxylic acids is 1. The summed E-state index contributed by atoms with van der Waals surface area (Å²) in [5, 5.41) is 5.43. The van der Waals surface area contributed by atoms with Gasteiger partial charge < -0.3 is 5.32 Å². The molecule has 0 unspecified atom stereocenters. The van der Waals surface area contributed by atoms with Gasteiger partial charge in [-0.1, -0.05) is 38.3 Å². The molecule has 2 aliphatic rings. The summed E-state index contributed by atoms with van der Waals surface area (Å²) in [4.78, 5) is 22.0. The van der Waals surface area contributed by atoms with E-state index in [0.717, 1.165) is 54.4 Å². The van der Waals surface area contributed by atoms with Gasteiger partial charge in [0.25, 0.3) is 0 Å². The molecule has 6 heteroatoms. The molecule has 3 aromatic rings. The van der Waals surface area contributed by atoms with Crippen LogP contribution in [0.25, 0.3) is 20.8 Å². The first-order chi connectivity index (χ1) is 14.7. The van der Waals surface area contributed by atoms with Gasteiger partial charge in [0.2, 0.25) is 5.91 Å². The van der Waals surface area contributed by atoms with Crippen molar-refractivity contribution < 1.29 is 4.79 Å². The number of para-hydroxylation sites is 1. The maximum absolute atomic E-state index is 13.1. The highest BCUT2D eigenvalue weighted by atomic mass is 32.1. The highest BCUT2D eigenvalue weighted by Gasteiger charge is 2.29. The van der Waals surface area contributed by atoms with Crippen LogP contribution in [0, 0.1) is 5.92 Å². The second-order valence-electron chi connectivity index (χ2n) is 8.54. The number of fused-ring (bicyclic) bond motifs is 2. The van der Waals surface area contributed by atoms with E-state index in [0.29, 0.717) is 0 Å². The summed E-state index contributed by atoms with van der Waals surface area (Å²) in [5.74, 6) is 0.374. The summed E-state index contributed by atoms with van der Waals surface area (Å²) < 4.78 is 1.21. The van der Waals surface area contributed by atoms with Gasteiger partial charge >= 0.3 is 0 Å². The lowest BCUT2D eigenvalue weighted by Crippen LogP contribution is -2.30. The number of hydrogen-bond donors (Lipinski definition) is 1. The predicted molar refractivity (Wildman–Crippen MR) is 127 cm³/mol. The number of carbonyl (C=O) groups is 1. The van der Waals surface area contributed by atoms with E-state index >= 15 is 0 Å². The molecule has 1 fully saturated rings. The Labute approximate surface area is 186 Å². The normalized spacial score (nSPS) is 17.9. The Balaban J connectivity index is 1.52. The molecule has 4 nitrogen and oxygen atoms in total. The van der Waals surface area contributed by atoms with Crippen LogP contribution in [0.4, 0.5) is 5.00 Å². The Morgan fingerprint density at radius 1 is 1.20 bits per heavy atom. The monoisotopic (exact) mass is 439 g/mol. The third kappa shape index (κ3) is 3.93. The Kier molecular flexibility index (Phi) is 5.89. The fraction of sp³-hybridized carbons (Fsp3) is 0.500. The number of benzene rings is 1. The first kappa shape index (κ1) is 20.2. The molecule has 0 saturated heterocycles. The van der Waals surface area contributed by atoms with Crippen molar-refractivity contribution in [3.05, 3.63) is 34.7 Å². The van der Waals surface area contributed by atoms with Gasteiger partial charge in [-0.25, -0.2) is 4.98 Å². The van der Waals surface area contributed by atoms with Crippen molar-refractivity contribution >= 4 is 43.8 Å². The fourth-order valence-corrected chi connectivity index (χ4v) is 7.24. The second-order valence-corrected chi connectivity index (χ2v) is 10.7. The summed E-state index contributed by atoms with van der Waals surface area (Å²) in [6.45, 7) is 5.46. The molecular weight excluding hydrogens is 410 g/mol. The van der Waals surface area contributed by atoms with Crippen molar-refractivity contribution in [1.82, 2.24) is 9.88 Å². The molecule has 0 radical (unpaired) electrons. The molecule has 5 rings (SSSR count). The first-order valence-corrected chi connectivity index (χ1v) is 12.9. The van der Waals surface area contributed by atoms with Crippen LogP contribution in [0.15, 0.2) is 24.3 Å². The van der Waals surface area contributed by atoms with E-state index in [-0.39, 0.29) is 11.8 Å². The molecule has 1 aromatic carbocycles. The van der Waals surface area contributed by atoms with Crippen molar-refractivity contribution in [2.75, 3.05) is 18.4 Å². The minimum absolute atomic E-state index is 0.165. The Hall–Kier alpha value is -1.76. The molecule has 158 valence electrons. The minimum atomic E-state index is 0.165. The van der Waals surface area contributed by atoms with E-state index in [1.165, 1.54) is 46.4 Å². The highest BCUT2D eigenvalue weighted by Crippen LogP contribution is 2.46. The van der Waals surface area contributed by atoms with Crippen LogP contribution in [0.3, 0.4) is 0 Å². The van der Waals surface area contributed by atoms with Gasteiger partial charge in [0.15, 0.2) is 0 Å². The van der Waals surface area contributed by atoms with Crippen molar-refractivity contribution in [3.63, 3.8) is 0 Å². The SMILES string of the molecule is CCCN1CCc2c(sc(NC(=O)C3CCCCC3)c2-c2nc3ccccc3s2)C1. The number of nitrogens with one attached hydrogen (secondary N) is 1. The lowest BCUT2D eigenvalue weighted by atomic mass is 9.88. The van der Waals surface area contributed by atoms with Crippen molar-refractivity contribution in [3.8, 4) is 10.6 Å². The lowest BCUT2D eigenvalue weighted by Gasteiger charge is -2.26. The molecule has 0 bridgehead atoms. The van der Waals surface area contributed by atoms with Crippen LogP contribution >= 0.6 is 22.7 Å². The van der Waals surface area contributed by atoms with Gasteiger partial charge in [-0.15, -0.1) is 22.7 Å². The van der Waals surface area contributed by atoms with Gasteiger partial charge in [-0.05, 0) is 49.9 Å². The molecule has 0 spiro atoms. The average Bonchev–Trinajstić information content (AvgIpc) is 3.34. The number of amides is 1. The number of thiazole rings is 1. The molecule has 1 saturated carbocycles. The number of aromatic nitrogens is 1. The molecule has 1 aliphatic heterocycles. The van der Waals surface area contributed by atoms with Gasteiger partial charge in [0, 0.05) is 29.4 Å². The standard InChI is InChI=1S/C24H29N3OS2/c1-2-13-27-14-12-17-20(15-27)30-24(26-22(28)16-8-4-3-5-9-16)21(17)23-25-18-10-6-7-11-19(18)29-23/h6-7,10-11,16H,2-5,8-9,12-15H2,1H3,(H,26,28). The van der Waals surface area contributed by atoms with Crippen LogP contribution in [-0.2, 0) is 17.8 Å². The maximum Gasteiger partial charge on any atom is 0.228 e. The topological polar surface area (TPSA) is 45.2 Å². The van der Waals surface area contributed by atoms with Gasteiger partial charge in [0.05, 0.1) is 10.2 Å². The summed E-state index contributed by atoms with van der Waals surface area (Å²) in [6.07, 6.45) is 7.88. The molecule has 0 atom stereocenters. The lowest BCUT2D eigenvalue weighted by molar-refractivity contribution is -0.120. The predicted octanol–water partition coefficient (Wildman–Crippen LogP) is 6.31. The summed E-state index contributed by atoms with van der Waals surface area (Å²) in [5.41, 5.74) is 3.65. The quantitative estimate of drug-likeness (QED) is 0.506. The molecule has 30 heavy (non-hydrogen) atoms. The third-order valence-corrected chi connectivity index (χ3v) is 8.58. The van der Waals surface area contributed by atoms with Crippen LogP contribution in [0.5, 0.6) is 0 Å². The summed E-state index contributed by atoms with van der Waals surface area (Å²) >= 11 is 3.53. The molecule has 2 aromatic heterocycles. The Morgan fingerprint density at radius 3 is 2.83 bits per heavy atom. The second kappa shape index (κ2) is 8.77. The fourth-order valence-electron chi connectivity index (χ4n) is 4.84. The smallest absolute Gasteiger partial charge is 0.228 e. The average molecular weight is 440 g/mol. The number of rotatable bonds is 5. The highest BCUT2D eigenvalue weighted by molar-refractivity contribution is 7.22. The van der Waals surface area contributed by atoms with Gasteiger partial charge in [-0.2, -0.15) is 0 Å². The molecule has 1 aliphatic carbocycles. The van der Waals surface area contributed by atoms with Crippen LogP contribution in [-0.4, -0.2) is 28.9 Å². The maximum atomic E-state index is 13.1. The number of hydrogen-bond acceptors (Lipinski definition) is 5. The van der Waals surface area contributed by atoms with Gasteiger partial charge in [-0.3, -0.25) is 9.69 Å². The zero-order valence-corrected chi connectivity index (χ0v) is 19.2. The minimum Gasteiger partial charge on any atom is -0.317 e. The van der Waals surface area contributed by atoms with E-state index in [4.69, 9.17) is 4.98 Å². The molecule has 1 N–H and O–H groups in total.